The lowest BCUT2D eigenvalue weighted by Gasteiger charge is -2.38. The Hall–Kier alpha value is -1.95. The Labute approximate surface area is 117 Å². The van der Waals surface area contributed by atoms with E-state index in [2.05, 4.69) is 26.8 Å². The maximum Gasteiger partial charge on any atom is 0.249 e. The standard InChI is InChI=1S/C14H19N5O/c1-14(9-15)4-6-19(7-5-14)13-16-8-10-2-3-11(20)17-12(10)18-13/h2-3,8H,4-7,9,15H2,1H3,(H,16,17,18,20). The van der Waals surface area contributed by atoms with E-state index in [9.17, 15) is 4.79 Å². The van der Waals surface area contributed by atoms with Crippen molar-refractivity contribution in [2.75, 3.05) is 24.5 Å². The number of anilines is 1. The van der Waals surface area contributed by atoms with E-state index < -0.39 is 0 Å². The van der Waals surface area contributed by atoms with Crippen LogP contribution in [0.1, 0.15) is 19.8 Å². The molecule has 2 aromatic heterocycles. The van der Waals surface area contributed by atoms with Gasteiger partial charge in [-0.3, -0.25) is 4.79 Å². The van der Waals surface area contributed by atoms with Crippen molar-refractivity contribution in [3.8, 4) is 0 Å². The van der Waals surface area contributed by atoms with Crippen LogP contribution in [0.3, 0.4) is 0 Å². The molecule has 6 heteroatoms. The van der Waals surface area contributed by atoms with Gasteiger partial charge in [0.2, 0.25) is 11.5 Å². The fraction of sp³-hybridized carbons (Fsp3) is 0.500. The Morgan fingerprint density at radius 3 is 2.85 bits per heavy atom. The van der Waals surface area contributed by atoms with Gasteiger partial charge in [-0.05, 0) is 30.9 Å². The van der Waals surface area contributed by atoms with Crippen molar-refractivity contribution in [2.24, 2.45) is 11.1 Å². The summed E-state index contributed by atoms with van der Waals surface area (Å²) < 4.78 is 0. The van der Waals surface area contributed by atoms with Gasteiger partial charge in [-0.25, -0.2) is 4.98 Å². The number of hydrogen-bond acceptors (Lipinski definition) is 5. The molecule has 3 rings (SSSR count). The first kappa shape index (κ1) is 13.1. The lowest BCUT2D eigenvalue weighted by atomic mass is 9.81. The Morgan fingerprint density at radius 2 is 2.15 bits per heavy atom. The molecule has 0 amide bonds. The van der Waals surface area contributed by atoms with E-state index in [1.54, 1.807) is 12.3 Å². The Bertz CT molecular complexity index is 673. The second-order valence-corrected chi connectivity index (χ2v) is 5.80. The summed E-state index contributed by atoms with van der Waals surface area (Å²) in [5.41, 5.74) is 6.50. The number of pyridine rings is 1. The first-order chi connectivity index (χ1) is 9.59. The van der Waals surface area contributed by atoms with Crippen molar-refractivity contribution in [1.29, 1.82) is 0 Å². The molecule has 3 N–H and O–H groups in total. The van der Waals surface area contributed by atoms with Crippen LogP contribution in [0.5, 0.6) is 0 Å². The predicted octanol–water partition coefficient (Wildman–Crippen LogP) is 0.883. The van der Waals surface area contributed by atoms with Crippen molar-refractivity contribution < 1.29 is 0 Å². The Kier molecular flexibility index (Phi) is 3.17. The lowest BCUT2D eigenvalue weighted by Crippen LogP contribution is -2.42. The third kappa shape index (κ3) is 2.38. The molecule has 0 saturated carbocycles. The minimum atomic E-state index is -0.142. The van der Waals surface area contributed by atoms with Crippen LogP contribution in [-0.4, -0.2) is 34.6 Å². The van der Waals surface area contributed by atoms with Gasteiger partial charge in [0.1, 0.15) is 5.65 Å². The molecule has 0 bridgehead atoms. The molecular weight excluding hydrogens is 254 g/mol. The van der Waals surface area contributed by atoms with Gasteiger partial charge >= 0.3 is 0 Å². The van der Waals surface area contributed by atoms with Crippen LogP contribution in [0.4, 0.5) is 5.95 Å². The van der Waals surface area contributed by atoms with E-state index in [-0.39, 0.29) is 11.0 Å². The fourth-order valence-electron chi connectivity index (χ4n) is 2.53. The van der Waals surface area contributed by atoms with Crippen molar-refractivity contribution >= 4 is 17.0 Å². The zero-order valence-corrected chi connectivity index (χ0v) is 11.6. The first-order valence-corrected chi connectivity index (χ1v) is 6.91. The molecule has 0 unspecified atom stereocenters. The molecule has 0 aliphatic carbocycles. The first-order valence-electron chi connectivity index (χ1n) is 6.91. The van der Waals surface area contributed by atoms with Crippen LogP contribution in [0.2, 0.25) is 0 Å². The third-order valence-electron chi connectivity index (χ3n) is 4.21. The molecule has 1 saturated heterocycles. The molecule has 20 heavy (non-hydrogen) atoms. The summed E-state index contributed by atoms with van der Waals surface area (Å²) in [6.45, 7) is 4.74. The number of H-pyrrole nitrogens is 1. The van der Waals surface area contributed by atoms with E-state index in [4.69, 9.17) is 5.73 Å². The molecule has 1 fully saturated rings. The van der Waals surface area contributed by atoms with Gasteiger partial charge in [-0.15, -0.1) is 0 Å². The minimum Gasteiger partial charge on any atom is -0.341 e. The Balaban J connectivity index is 1.86. The minimum absolute atomic E-state index is 0.142. The largest absolute Gasteiger partial charge is 0.341 e. The number of nitrogens with one attached hydrogen (secondary N) is 1. The van der Waals surface area contributed by atoms with Crippen molar-refractivity contribution in [2.45, 2.75) is 19.8 Å². The second kappa shape index (κ2) is 4.86. The van der Waals surface area contributed by atoms with Gasteiger partial charge in [-0.1, -0.05) is 6.92 Å². The quantitative estimate of drug-likeness (QED) is 0.848. The zero-order valence-electron chi connectivity index (χ0n) is 11.6. The molecular formula is C14H19N5O. The van der Waals surface area contributed by atoms with E-state index in [0.717, 1.165) is 31.3 Å². The van der Waals surface area contributed by atoms with Gasteiger partial charge in [0, 0.05) is 30.7 Å². The molecule has 1 aliphatic rings. The molecule has 0 radical (unpaired) electrons. The monoisotopic (exact) mass is 273 g/mol. The van der Waals surface area contributed by atoms with Crippen LogP contribution >= 0.6 is 0 Å². The van der Waals surface area contributed by atoms with Crippen LogP contribution in [-0.2, 0) is 0 Å². The predicted molar refractivity (Wildman–Crippen MR) is 78.8 cm³/mol. The summed E-state index contributed by atoms with van der Waals surface area (Å²) in [4.78, 5) is 25.1. The van der Waals surface area contributed by atoms with Gasteiger partial charge in [-0.2, -0.15) is 4.98 Å². The summed E-state index contributed by atoms with van der Waals surface area (Å²) in [7, 11) is 0. The SMILES string of the molecule is CC1(CN)CCN(c2ncc3ccc(=O)[nH]c3n2)CC1. The lowest BCUT2D eigenvalue weighted by molar-refractivity contribution is 0.257. The number of aromatic nitrogens is 3. The van der Waals surface area contributed by atoms with E-state index in [0.29, 0.717) is 18.1 Å². The third-order valence-corrected chi connectivity index (χ3v) is 4.21. The number of piperidine rings is 1. The molecule has 0 spiro atoms. The molecule has 106 valence electrons. The van der Waals surface area contributed by atoms with E-state index in [1.807, 2.05) is 0 Å². The highest BCUT2D eigenvalue weighted by atomic mass is 16.1. The smallest absolute Gasteiger partial charge is 0.249 e. The van der Waals surface area contributed by atoms with E-state index >= 15 is 0 Å². The van der Waals surface area contributed by atoms with E-state index in [1.165, 1.54) is 6.07 Å². The summed E-state index contributed by atoms with van der Waals surface area (Å²) >= 11 is 0. The normalized spacial score (nSPS) is 18.4. The number of fused-ring (bicyclic) bond motifs is 1. The van der Waals surface area contributed by atoms with Gasteiger partial charge in [0.05, 0.1) is 0 Å². The fourth-order valence-corrected chi connectivity index (χ4v) is 2.53. The molecule has 6 nitrogen and oxygen atoms in total. The van der Waals surface area contributed by atoms with Crippen molar-refractivity contribution in [3.63, 3.8) is 0 Å². The zero-order chi connectivity index (χ0) is 14.2. The highest BCUT2D eigenvalue weighted by Gasteiger charge is 2.29. The molecule has 1 aliphatic heterocycles. The Morgan fingerprint density at radius 1 is 1.40 bits per heavy atom. The van der Waals surface area contributed by atoms with Crippen LogP contribution < -0.4 is 16.2 Å². The van der Waals surface area contributed by atoms with Gasteiger partial charge < -0.3 is 15.6 Å². The average Bonchev–Trinajstić information content (AvgIpc) is 2.47. The van der Waals surface area contributed by atoms with Gasteiger partial charge in [0.25, 0.3) is 0 Å². The topological polar surface area (TPSA) is 87.9 Å². The van der Waals surface area contributed by atoms with Gasteiger partial charge in [0.15, 0.2) is 0 Å². The molecule has 2 aromatic rings. The number of nitrogens with zero attached hydrogens (tertiary/aromatic N) is 3. The van der Waals surface area contributed by atoms with Crippen LogP contribution in [0.25, 0.3) is 11.0 Å². The van der Waals surface area contributed by atoms with Crippen molar-refractivity contribution in [1.82, 2.24) is 15.0 Å². The summed E-state index contributed by atoms with van der Waals surface area (Å²) in [5, 5.41) is 0.845. The molecule has 3 heterocycles. The molecule has 0 atom stereocenters. The maximum absolute atomic E-state index is 11.4. The number of rotatable bonds is 2. The highest BCUT2D eigenvalue weighted by Crippen LogP contribution is 2.30. The number of hydrogen-bond donors (Lipinski definition) is 2. The number of aromatic amines is 1. The number of nitrogens with two attached hydrogens (primary N) is 1. The van der Waals surface area contributed by atoms with Crippen LogP contribution in [0.15, 0.2) is 23.1 Å². The summed E-state index contributed by atoms with van der Waals surface area (Å²) in [6.07, 6.45) is 3.83. The highest BCUT2D eigenvalue weighted by molar-refractivity contribution is 5.74. The summed E-state index contributed by atoms with van der Waals surface area (Å²) in [5.74, 6) is 0.679. The van der Waals surface area contributed by atoms with Crippen LogP contribution in [0, 0.1) is 5.41 Å². The second-order valence-electron chi connectivity index (χ2n) is 5.80. The molecule has 0 aromatic carbocycles. The average molecular weight is 273 g/mol. The maximum atomic E-state index is 11.4. The van der Waals surface area contributed by atoms with Crippen molar-refractivity contribution in [3.05, 3.63) is 28.7 Å². The summed E-state index contributed by atoms with van der Waals surface area (Å²) in [6, 6.07) is 3.22.